The zero-order chi connectivity index (χ0) is 17.3. The lowest BCUT2D eigenvalue weighted by molar-refractivity contribution is -0.268. The smallest absolute Gasteiger partial charge is 0.348 e. The van der Waals surface area contributed by atoms with Crippen LogP contribution >= 0.6 is 0 Å². The van der Waals surface area contributed by atoms with Crippen LogP contribution in [0.2, 0.25) is 0 Å². The Morgan fingerprint density at radius 1 is 1.09 bits per heavy atom. The van der Waals surface area contributed by atoms with E-state index in [-0.39, 0.29) is 31.6 Å². The molecular formula is C18H29F3O2. The molecule has 1 N–H and O–H groups in total. The predicted octanol–water partition coefficient (Wildman–Crippen LogP) is 5.60. The van der Waals surface area contributed by atoms with Gasteiger partial charge in [-0.3, -0.25) is 0 Å². The van der Waals surface area contributed by atoms with Gasteiger partial charge in [-0.1, -0.05) is 39.5 Å². The molecule has 2 aliphatic rings. The second-order valence-electron chi connectivity index (χ2n) is 7.46. The van der Waals surface area contributed by atoms with Crippen molar-refractivity contribution in [2.75, 3.05) is 0 Å². The number of hydrogen-bond donors (Lipinski definition) is 1. The number of carboxylic acids is 1. The second kappa shape index (κ2) is 6.64. The molecule has 2 nitrogen and oxygen atoms in total. The molecule has 0 aromatic heterocycles. The van der Waals surface area contributed by atoms with Gasteiger partial charge in [0.2, 0.25) is 0 Å². The van der Waals surface area contributed by atoms with E-state index in [0.717, 1.165) is 19.3 Å². The molecule has 5 heteroatoms. The molecule has 0 aliphatic heterocycles. The molecule has 0 spiro atoms. The third kappa shape index (κ3) is 2.58. The van der Waals surface area contributed by atoms with Crippen LogP contribution in [0.5, 0.6) is 0 Å². The number of hydrogen-bond acceptors (Lipinski definition) is 1. The molecule has 1 unspecified atom stereocenters. The van der Waals surface area contributed by atoms with Gasteiger partial charge in [-0.2, -0.15) is 0 Å². The van der Waals surface area contributed by atoms with Gasteiger partial charge in [0.1, 0.15) is 0 Å². The van der Waals surface area contributed by atoms with Gasteiger partial charge in [-0.15, -0.1) is 0 Å². The number of aliphatic carboxylic acids is 1. The van der Waals surface area contributed by atoms with E-state index in [1.165, 1.54) is 0 Å². The third-order valence-corrected chi connectivity index (χ3v) is 6.55. The van der Waals surface area contributed by atoms with E-state index >= 15 is 13.2 Å². The van der Waals surface area contributed by atoms with E-state index in [1.807, 2.05) is 0 Å². The number of alkyl halides is 3. The zero-order valence-corrected chi connectivity index (χ0v) is 14.2. The summed E-state index contributed by atoms with van der Waals surface area (Å²) in [5.74, 6) is -7.19. The minimum absolute atomic E-state index is 0.162. The fourth-order valence-corrected chi connectivity index (χ4v) is 5.28. The summed E-state index contributed by atoms with van der Waals surface area (Å²) >= 11 is 0. The van der Waals surface area contributed by atoms with E-state index in [2.05, 4.69) is 0 Å². The molecule has 3 atom stereocenters. The van der Waals surface area contributed by atoms with Crippen molar-refractivity contribution in [2.24, 2.45) is 17.3 Å². The van der Waals surface area contributed by atoms with Gasteiger partial charge in [0.15, 0.2) is 0 Å². The highest BCUT2D eigenvalue weighted by Crippen LogP contribution is 2.64. The Kier molecular flexibility index (Phi) is 5.37. The Hall–Kier alpha value is -0.740. The summed E-state index contributed by atoms with van der Waals surface area (Å²) in [5.41, 5.74) is -4.89. The molecular weight excluding hydrogens is 305 g/mol. The van der Waals surface area contributed by atoms with Crippen molar-refractivity contribution < 1.29 is 23.1 Å². The molecule has 2 fully saturated rings. The highest BCUT2D eigenvalue weighted by molar-refractivity contribution is 5.80. The second-order valence-corrected chi connectivity index (χ2v) is 7.46. The Balaban J connectivity index is 2.50. The van der Waals surface area contributed by atoms with Gasteiger partial charge >= 0.3 is 5.97 Å². The van der Waals surface area contributed by atoms with Crippen LogP contribution in [-0.4, -0.2) is 22.7 Å². The molecule has 0 radical (unpaired) electrons. The minimum Gasteiger partial charge on any atom is -0.479 e. The molecule has 0 aromatic rings. The maximum atomic E-state index is 15.8. The largest absolute Gasteiger partial charge is 0.479 e. The van der Waals surface area contributed by atoms with Crippen LogP contribution in [0.4, 0.5) is 13.2 Å². The molecule has 0 amide bonds. The Morgan fingerprint density at radius 2 is 1.70 bits per heavy atom. The van der Waals surface area contributed by atoms with Gasteiger partial charge in [0.05, 0.1) is 0 Å². The molecule has 0 saturated heterocycles. The topological polar surface area (TPSA) is 37.3 Å². The standard InChI is InChI=1S/C18H29F3O2/c1-3-8-14-11-12-16(4-2,13-9-6-5-7-10-13)17(19,15(22)23)18(14,20)21/h13-14H,3-12H2,1-2H3,(H,22,23)/t14-,16?,17+/m0/s1. The van der Waals surface area contributed by atoms with Crippen molar-refractivity contribution in [3.05, 3.63) is 0 Å². The molecule has 2 aliphatic carbocycles. The van der Waals surface area contributed by atoms with Crippen molar-refractivity contribution in [1.82, 2.24) is 0 Å². The van der Waals surface area contributed by atoms with Crippen LogP contribution in [0.1, 0.15) is 78.1 Å². The first-order valence-corrected chi connectivity index (χ1v) is 9.08. The lowest BCUT2D eigenvalue weighted by Crippen LogP contribution is -2.69. The van der Waals surface area contributed by atoms with Crippen molar-refractivity contribution in [3.8, 4) is 0 Å². The van der Waals surface area contributed by atoms with Crippen molar-refractivity contribution >= 4 is 5.97 Å². The van der Waals surface area contributed by atoms with Crippen molar-refractivity contribution in [3.63, 3.8) is 0 Å². The van der Waals surface area contributed by atoms with Crippen LogP contribution in [0.15, 0.2) is 0 Å². The van der Waals surface area contributed by atoms with Crippen LogP contribution in [-0.2, 0) is 4.79 Å². The molecule has 2 saturated carbocycles. The van der Waals surface area contributed by atoms with Gasteiger partial charge in [0.25, 0.3) is 11.6 Å². The number of rotatable bonds is 5. The number of halogens is 3. The first-order valence-electron chi connectivity index (χ1n) is 9.08. The van der Waals surface area contributed by atoms with Crippen LogP contribution in [0, 0.1) is 17.3 Å². The van der Waals surface area contributed by atoms with Gasteiger partial charge in [-0.05, 0) is 44.4 Å². The fraction of sp³-hybridized carbons (Fsp3) is 0.944. The highest BCUT2D eigenvalue weighted by atomic mass is 19.3. The molecule has 134 valence electrons. The minimum atomic E-state index is -3.81. The summed E-state index contributed by atoms with van der Waals surface area (Å²) in [6.45, 7) is 3.46. The van der Waals surface area contributed by atoms with Gasteiger partial charge in [0, 0.05) is 11.3 Å². The summed E-state index contributed by atoms with van der Waals surface area (Å²) in [5, 5.41) is 9.56. The Labute approximate surface area is 136 Å². The summed E-state index contributed by atoms with van der Waals surface area (Å²) in [7, 11) is 0. The summed E-state index contributed by atoms with van der Waals surface area (Å²) in [4.78, 5) is 11.8. The molecule has 0 heterocycles. The molecule has 0 bridgehead atoms. The number of carboxylic acid groups (broad SMARTS) is 1. The molecule has 0 aromatic carbocycles. The Morgan fingerprint density at radius 3 is 2.17 bits per heavy atom. The zero-order valence-electron chi connectivity index (χ0n) is 14.2. The monoisotopic (exact) mass is 334 g/mol. The SMILES string of the molecule is CCC[C@H]1CCC(CC)(C2CCCCC2)[C@](F)(C(=O)O)C1(F)F. The lowest BCUT2D eigenvalue weighted by atomic mass is 9.50. The average Bonchev–Trinajstić information content (AvgIpc) is 2.53. The normalized spacial score (nSPS) is 38.4. The quantitative estimate of drug-likeness (QED) is 0.710. The van der Waals surface area contributed by atoms with Crippen LogP contribution in [0.25, 0.3) is 0 Å². The molecule has 23 heavy (non-hydrogen) atoms. The van der Waals surface area contributed by atoms with Crippen LogP contribution < -0.4 is 0 Å². The molecule has 2 rings (SSSR count). The van der Waals surface area contributed by atoms with Crippen LogP contribution in [0.3, 0.4) is 0 Å². The first-order chi connectivity index (χ1) is 10.8. The average molecular weight is 334 g/mol. The maximum Gasteiger partial charge on any atom is 0.348 e. The van der Waals surface area contributed by atoms with Crippen molar-refractivity contribution in [2.45, 2.75) is 89.6 Å². The lowest BCUT2D eigenvalue weighted by Gasteiger charge is -2.56. The van der Waals surface area contributed by atoms with E-state index in [1.54, 1.807) is 13.8 Å². The van der Waals surface area contributed by atoms with E-state index in [4.69, 9.17) is 0 Å². The summed E-state index contributed by atoms with van der Waals surface area (Å²) in [6, 6.07) is 0. The van der Waals surface area contributed by atoms with Gasteiger partial charge < -0.3 is 5.11 Å². The van der Waals surface area contributed by atoms with Crippen molar-refractivity contribution in [1.29, 1.82) is 0 Å². The maximum absolute atomic E-state index is 15.8. The fourth-order valence-electron chi connectivity index (χ4n) is 5.28. The van der Waals surface area contributed by atoms with E-state index in [9.17, 15) is 9.90 Å². The predicted molar refractivity (Wildman–Crippen MR) is 83.4 cm³/mol. The summed E-state index contributed by atoms with van der Waals surface area (Å²) in [6.07, 6.45) is 5.46. The van der Waals surface area contributed by atoms with Gasteiger partial charge in [-0.25, -0.2) is 18.0 Å². The van der Waals surface area contributed by atoms with E-state index in [0.29, 0.717) is 19.3 Å². The first kappa shape index (κ1) is 18.6. The third-order valence-electron chi connectivity index (χ3n) is 6.55. The van der Waals surface area contributed by atoms with E-state index < -0.39 is 28.9 Å². The Bertz CT molecular complexity index is 434. The number of carbonyl (C=O) groups is 1. The summed E-state index contributed by atoms with van der Waals surface area (Å²) < 4.78 is 45.9. The highest BCUT2D eigenvalue weighted by Gasteiger charge is 2.76.